The van der Waals surface area contributed by atoms with Gasteiger partial charge in [-0.2, -0.15) is 0 Å². The predicted octanol–water partition coefficient (Wildman–Crippen LogP) is 3.25. The maximum absolute atomic E-state index is 13.2. The summed E-state index contributed by atoms with van der Waals surface area (Å²) < 4.78 is 26.4. The molecule has 1 rings (SSSR count). The quantitative estimate of drug-likeness (QED) is 0.745. The SMILES string of the molecule is CCC=C(CNC=O)Nc1cccc(C(C)(F)F)c1. The molecule has 0 heterocycles. The Hall–Kier alpha value is -1.91. The molecule has 0 atom stereocenters. The molecule has 3 nitrogen and oxygen atoms in total. The van der Waals surface area contributed by atoms with Crippen LogP contribution in [0.4, 0.5) is 14.5 Å². The second kappa shape index (κ2) is 6.87. The van der Waals surface area contributed by atoms with Gasteiger partial charge in [0.05, 0.1) is 6.54 Å². The summed E-state index contributed by atoms with van der Waals surface area (Å²) in [6, 6.07) is 6.08. The number of halogens is 2. The topological polar surface area (TPSA) is 41.1 Å². The molecule has 0 aliphatic carbocycles. The Bertz CT molecular complexity index is 453. The maximum atomic E-state index is 13.2. The van der Waals surface area contributed by atoms with E-state index in [1.165, 1.54) is 12.1 Å². The standard InChI is InChI=1S/C14H18F2N2O/c1-3-5-13(9-17-10-19)18-12-7-4-6-11(8-12)14(2,15)16/h4-8,10,18H,3,9H2,1-2H3,(H,17,19). The fraction of sp³-hybridized carbons (Fsp3) is 0.357. The van der Waals surface area contributed by atoms with Crippen LogP contribution in [0.2, 0.25) is 0 Å². The molecule has 5 heteroatoms. The van der Waals surface area contributed by atoms with Crippen LogP contribution in [0.15, 0.2) is 36.0 Å². The van der Waals surface area contributed by atoms with Crippen molar-refractivity contribution in [3.63, 3.8) is 0 Å². The van der Waals surface area contributed by atoms with Crippen molar-refractivity contribution in [2.45, 2.75) is 26.2 Å². The molecule has 1 aromatic rings. The molecule has 1 aromatic carbocycles. The highest BCUT2D eigenvalue weighted by atomic mass is 19.3. The summed E-state index contributed by atoms with van der Waals surface area (Å²) in [4.78, 5) is 10.3. The van der Waals surface area contributed by atoms with Crippen molar-refractivity contribution in [3.05, 3.63) is 41.6 Å². The van der Waals surface area contributed by atoms with Gasteiger partial charge in [-0.25, -0.2) is 8.78 Å². The summed E-state index contributed by atoms with van der Waals surface area (Å²) in [7, 11) is 0. The maximum Gasteiger partial charge on any atom is 0.270 e. The summed E-state index contributed by atoms with van der Waals surface area (Å²) in [5, 5.41) is 5.57. The number of rotatable bonds is 7. The third-order valence-corrected chi connectivity index (χ3v) is 2.50. The monoisotopic (exact) mass is 268 g/mol. The van der Waals surface area contributed by atoms with E-state index in [-0.39, 0.29) is 5.56 Å². The smallest absolute Gasteiger partial charge is 0.270 e. The molecule has 0 radical (unpaired) electrons. The normalized spacial score (nSPS) is 12.1. The Labute approximate surface area is 111 Å². The first-order valence-corrected chi connectivity index (χ1v) is 6.08. The fourth-order valence-electron chi connectivity index (χ4n) is 1.62. The first kappa shape index (κ1) is 15.1. The molecule has 0 saturated heterocycles. The van der Waals surface area contributed by atoms with Crippen LogP contribution in [0, 0.1) is 0 Å². The van der Waals surface area contributed by atoms with E-state index in [2.05, 4.69) is 10.6 Å². The van der Waals surface area contributed by atoms with Crippen molar-refractivity contribution < 1.29 is 13.6 Å². The van der Waals surface area contributed by atoms with Crippen molar-refractivity contribution in [1.29, 1.82) is 0 Å². The van der Waals surface area contributed by atoms with Gasteiger partial charge >= 0.3 is 0 Å². The van der Waals surface area contributed by atoms with Crippen LogP contribution in [-0.2, 0) is 10.7 Å². The molecule has 2 N–H and O–H groups in total. The molecule has 0 bridgehead atoms. The lowest BCUT2D eigenvalue weighted by molar-refractivity contribution is -0.109. The summed E-state index contributed by atoms with van der Waals surface area (Å²) in [6.45, 7) is 3.16. The third kappa shape index (κ3) is 5.07. The van der Waals surface area contributed by atoms with Crippen LogP contribution in [0.3, 0.4) is 0 Å². The predicted molar refractivity (Wildman–Crippen MR) is 72.1 cm³/mol. The molecule has 0 unspecified atom stereocenters. The van der Waals surface area contributed by atoms with Gasteiger partial charge in [-0.1, -0.05) is 25.1 Å². The number of amides is 1. The van der Waals surface area contributed by atoms with E-state index < -0.39 is 5.92 Å². The minimum atomic E-state index is -2.87. The first-order chi connectivity index (χ1) is 8.97. The van der Waals surface area contributed by atoms with Gasteiger partial charge in [-0.3, -0.25) is 4.79 Å². The Morgan fingerprint density at radius 1 is 1.42 bits per heavy atom. The number of anilines is 1. The number of carbonyl (C=O) groups excluding carboxylic acids is 1. The molecule has 0 saturated carbocycles. The number of allylic oxidation sites excluding steroid dienone is 1. The molecule has 0 spiro atoms. The number of alkyl halides is 2. The molecular weight excluding hydrogens is 250 g/mol. The van der Waals surface area contributed by atoms with E-state index in [0.29, 0.717) is 18.6 Å². The second-order valence-corrected chi connectivity index (χ2v) is 4.23. The molecular formula is C14H18F2N2O. The number of hydrogen-bond donors (Lipinski definition) is 2. The van der Waals surface area contributed by atoms with Crippen LogP contribution in [0.1, 0.15) is 25.8 Å². The molecule has 0 aliphatic rings. The van der Waals surface area contributed by atoms with Gasteiger partial charge in [0.15, 0.2) is 0 Å². The first-order valence-electron chi connectivity index (χ1n) is 6.08. The van der Waals surface area contributed by atoms with Gasteiger partial charge in [-0.15, -0.1) is 0 Å². The van der Waals surface area contributed by atoms with Gasteiger partial charge in [0.25, 0.3) is 5.92 Å². The summed E-state index contributed by atoms with van der Waals surface area (Å²) in [6.07, 6.45) is 3.28. The average Bonchev–Trinajstić information content (AvgIpc) is 2.35. The number of hydrogen-bond acceptors (Lipinski definition) is 2. The summed E-state index contributed by atoms with van der Waals surface area (Å²) in [5.74, 6) is -2.87. The van der Waals surface area contributed by atoms with Crippen LogP contribution in [-0.4, -0.2) is 13.0 Å². The van der Waals surface area contributed by atoms with Crippen LogP contribution in [0.5, 0.6) is 0 Å². The molecule has 0 aliphatic heterocycles. The van der Waals surface area contributed by atoms with E-state index in [0.717, 1.165) is 19.0 Å². The molecule has 1 amide bonds. The zero-order valence-electron chi connectivity index (χ0n) is 11.0. The lowest BCUT2D eigenvalue weighted by atomic mass is 10.1. The van der Waals surface area contributed by atoms with Gasteiger partial charge in [0.1, 0.15) is 0 Å². The summed E-state index contributed by atoms with van der Waals surface area (Å²) >= 11 is 0. The molecule has 19 heavy (non-hydrogen) atoms. The van der Waals surface area contributed by atoms with Crippen molar-refractivity contribution >= 4 is 12.1 Å². The van der Waals surface area contributed by atoms with Crippen LogP contribution in [0.25, 0.3) is 0 Å². The van der Waals surface area contributed by atoms with Crippen molar-refractivity contribution in [2.75, 3.05) is 11.9 Å². The summed E-state index contributed by atoms with van der Waals surface area (Å²) in [5.41, 5.74) is 1.30. The number of nitrogens with one attached hydrogen (secondary N) is 2. The van der Waals surface area contributed by atoms with Crippen molar-refractivity contribution in [2.24, 2.45) is 0 Å². The Morgan fingerprint density at radius 3 is 2.74 bits per heavy atom. The van der Waals surface area contributed by atoms with Crippen LogP contribution < -0.4 is 10.6 Å². The van der Waals surface area contributed by atoms with Gasteiger partial charge in [0.2, 0.25) is 6.41 Å². The minimum absolute atomic E-state index is 0.0447. The van der Waals surface area contributed by atoms with E-state index in [4.69, 9.17) is 0 Å². The van der Waals surface area contributed by atoms with E-state index >= 15 is 0 Å². The van der Waals surface area contributed by atoms with E-state index in [1.807, 2.05) is 13.0 Å². The molecule has 0 aromatic heterocycles. The zero-order chi connectivity index (χ0) is 14.3. The highest BCUT2D eigenvalue weighted by Crippen LogP contribution is 2.28. The average molecular weight is 268 g/mol. The highest BCUT2D eigenvalue weighted by molar-refractivity contribution is 5.53. The Kier molecular flexibility index (Phi) is 5.48. The molecule has 0 fully saturated rings. The largest absolute Gasteiger partial charge is 0.358 e. The number of carbonyl (C=O) groups is 1. The van der Waals surface area contributed by atoms with Gasteiger partial charge < -0.3 is 10.6 Å². The molecule has 104 valence electrons. The lowest BCUT2D eigenvalue weighted by Crippen LogP contribution is -2.19. The fourth-order valence-corrected chi connectivity index (χ4v) is 1.62. The minimum Gasteiger partial charge on any atom is -0.358 e. The lowest BCUT2D eigenvalue weighted by Gasteiger charge is -2.14. The Morgan fingerprint density at radius 2 is 2.16 bits per heavy atom. The Balaban J connectivity index is 2.85. The van der Waals surface area contributed by atoms with Gasteiger partial charge in [-0.05, 0) is 18.6 Å². The third-order valence-electron chi connectivity index (χ3n) is 2.50. The van der Waals surface area contributed by atoms with Crippen LogP contribution >= 0.6 is 0 Å². The van der Waals surface area contributed by atoms with E-state index in [1.54, 1.807) is 12.1 Å². The van der Waals surface area contributed by atoms with Gasteiger partial charge in [0, 0.05) is 23.9 Å². The highest BCUT2D eigenvalue weighted by Gasteiger charge is 2.24. The number of benzene rings is 1. The second-order valence-electron chi connectivity index (χ2n) is 4.23. The van der Waals surface area contributed by atoms with E-state index in [9.17, 15) is 13.6 Å². The van der Waals surface area contributed by atoms with Crippen molar-refractivity contribution in [3.8, 4) is 0 Å². The van der Waals surface area contributed by atoms with Crippen molar-refractivity contribution in [1.82, 2.24) is 5.32 Å². The zero-order valence-corrected chi connectivity index (χ0v) is 11.0.